The van der Waals surface area contributed by atoms with Crippen molar-refractivity contribution in [3.63, 3.8) is 0 Å². The van der Waals surface area contributed by atoms with Gasteiger partial charge in [0.15, 0.2) is 0 Å². The lowest BCUT2D eigenvalue weighted by molar-refractivity contribution is 0.102. The molecule has 2 aromatic rings. The van der Waals surface area contributed by atoms with E-state index in [1.54, 1.807) is 36.4 Å². The summed E-state index contributed by atoms with van der Waals surface area (Å²) in [4.78, 5) is 12.1. The van der Waals surface area contributed by atoms with E-state index in [9.17, 15) is 4.79 Å². The summed E-state index contributed by atoms with van der Waals surface area (Å²) in [5.74, 6) is -0.234. The minimum Gasteiger partial charge on any atom is -0.398 e. The van der Waals surface area contributed by atoms with Crippen molar-refractivity contribution in [2.45, 2.75) is 0 Å². The molecule has 6 heteroatoms. The predicted octanol–water partition coefficient (Wildman–Crippen LogP) is 4.70. The van der Waals surface area contributed by atoms with E-state index in [-0.39, 0.29) is 5.91 Å². The lowest BCUT2D eigenvalue weighted by Crippen LogP contribution is -2.12. The average Bonchev–Trinajstić information content (AvgIpc) is 2.36. The maximum absolute atomic E-state index is 12.1. The van der Waals surface area contributed by atoms with E-state index < -0.39 is 0 Å². The van der Waals surface area contributed by atoms with Gasteiger partial charge in [0.2, 0.25) is 0 Å². The largest absolute Gasteiger partial charge is 0.398 e. The number of nitrogens with two attached hydrogens (primary N) is 1. The van der Waals surface area contributed by atoms with Crippen molar-refractivity contribution in [3.8, 4) is 0 Å². The Hall–Kier alpha value is -1.04. The maximum Gasteiger partial charge on any atom is 0.255 e. The lowest BCUT2D eigenvalue weighted by atomic mass is 10.2. The molecule has 0 heterocycles. The van der Waals surface area contributed by atoms with Crippen molar-refractivity contribution in [1.29, 1.82) is 0 Å². The number of carbonyl (C=O) groups excluding carboxylic acids is 1. The minimum absolute atomic E-state index is 0.234. The molecule has 0 saturated heterocycles. The Kier molecular flexibility index (Phi) is 4.50. The van der Waals surface area contributed by atoms with Crippen LogP contribution in [0.1, 0.15) is 10.4 Å². The van der Waals surface area contributed by atoms with E-state index in [4.69, 9.17) is 17.3 Å². The number of nitrogen functional groups attached to an aromatic ring is 1. The standard InChI is InChI=1S/C13H9Br2ClN2O/c14-9-3-1-7(5-11(9)17)13(19)18-12-4-2-8(16)6-10(12)15/h1-6H,17H2,(H,18,19). The van der Waals surface area contributed by atoms with Crippen LogP contribution in [0.15, 0.2) is 45.3 Å². The van der Waals surface area contributed by atoms with Crippen LogP contribution in [0.25, 0.3) is 0 Å². The third-order valence-corrected chi connectivity index (χ3v) is 4.05. The molecular weight excluding hydrogens is 395 g/mol. The normalized spacial score (nSPS) is 10.3. The molecule has 0 aliphatic rings. The number of rotatable bonds is 2. The first kappa shape index (κ1) is 14.4. The van der Waals surface area contributed by atoms with Gasteiger partial charge in [-0.25, -0.2) is 0 Å². The number of benzene rings is 2. The highest BCUT2D eigenvalue weighted by Crippen LogP contribution is 2.27. The molecule has 1 amide bonds. The van der Waals surface area contributed by atoms with Gasteiger partial charge in [0.1, 0.15) is 0 Å². The van der Waals surface area contributed by atoms with Crippen molar-refractivity contribution >= 4 is 60.7 Å². The Morgan fingerprint density at radius 1 is 1.11 bits per heavy atom. The Morgan fingerprint density at radius 3 is 2.47 bits per heavy atom. The molecule has 0 saturated carbocycles. The first-order chi connectivity index (χ1) is 8.97. The molecule has 0 bridgehead atoms. The van der Waals surface area contributed by atoms with E-state index in [1.165, 1.54) is 0 Å². The van der Waals surface area contributed by atoms with Crippen LogP contribution < -0.4 is 11.1 Å². The minimum atomic E-state index is -0.234. The molecular formula is C13H9Br2ClN2O. The van der Waals surface area contributed by atoms with Crippen LogP contribution in [-0.2, 0) is 0 Å². The first-order valence-electron chi connectivity index (χ1n) is 5.29. The SMILES string of the molecule is Nc1cc(C(=O)Nc2ccc(Cl)cc2Br)ccc1Br. The van der Waals surface area contributed by atoms with Gasteiger partial charge in [0, 0.05) is 25.2 Å². The van der Waals surface area contributed by atoms with E-state index in [0.29, 0.717) is 22.0 Å². The predicted molar refractivity (Wildman–Crippen MR) is 85.7 cm³/mol. The average molecular weight is 404 g/mol. The number of anilines is 2. The van der Waals surface area contributed by atoms with Gasteiger partial charge in [0.25, 0.3) is 5.91 Å². The molecule has 0 aliphatic heterocycles. The third-order valence-electron chi connectivity index (χ3n) is 2.44. The van der Waals surface area contributed by atoms with Crippen molar-refractivity contribution in [1.82, 2.24) is 0 Å². The Morgan fingerprint density at radius 2 is 1.84 bits per heavy atom. The summed E-state index contributed by atoms with van der Waals surface area (Å²) >= 11 is 12.5. The molecule has 0 unspecified atom stereocenters. The summed E-state index contributed by atoms with van der Waals surface area (Å²) in [6.45, 7) is 0. The second kappa shape index (κ2) is 5.94. The zero-order chi connectivity index (χ0) is 14.0. The van der Waals surface area contributed by atoms with Gasteiger partial charge in [-0.3, -0.25) is 4.79 Å². The molecule has 0 spiro atoms. The van der Waals surface area contributed by atoms with Crippen LogP contribution in [0, 0.1) is 0 Å². The van der Waals surface area contributed by atoms with Crippen molar-refractivity contribution < 1.29 is 4.79 Å². The van der Waals surface area contributed by atoms with Gasteiger partial charge >= 0.3 is 0 Å². The highest BCUT2D eigenvalue weighted by atomic mass is 79.9. The molecule has 3 nitrogen and oxygen atoms in total. The fraction of sp³-hybridized carbons (Fsp3) is 0. The van der Waals surface area contributed by atoms with Crippen LogP contribution >= 0.6 is 43.5 Å². The summed E-state index contributed by atoms with van der Waals surface area (Å²) in [7, 11) is 0. The molecule has 0 fully saturated rings. The van der Waals surface area contributed by atoms with Gasteiger partial charge < -0.3 is 11.1 Å². The second-order valence-corrected chi connectivity index (χ2v) is 5.96. The van der Waals surface area contributed by atoms with Crippen LogP contribution in [0.3, 0.4) is 0 Å². The van der Waals surface area contributed by atoms with Crippen LogP contribution in [0.2, 0.25) is 5.02 Å². The number of hydrogen-bond donors (Lipinski definition) is 2. The number of hydrogen-bond acceptors (Lipinski definition) is 2. The van der Waals surface area contributed by atoms with Crippen LogP contribution in [0.5, 0.6) is 0 Å². The maximum atomic E-state index is 12.1. The van der Waals surface area contributed by atoms with Gasteiger partial charge in [-0.2, -0.15) is 0 Å². The van der Waals surface area contributed by atoms with Gasteiger partial charge in [-0.15, -0.1) is 0 Å². The quantitative estimate of drug-likeness (QED) is 0.713. The van der Waals surface area contributed by atoms with E-state index >= 15 is 0 Å². The molecule has 0 atom stereocenters. The first-order valence-corrected chi connectivity index (χ1v) is 7.25. The van der Waals surface area contributed by atoms with E-state index in [1.807, 2.05) is 0 Å². The topological polar surface area (TPSA) is 55.1 Å². The van der Waals surface area contributed by atoms with Gasteiger partial charge in [-0.05, 0) is 68.3 Å². The summed E-state index contributed by atoms with van der Waals surface area (Å²) in [5.41, 5.74) is 7.40. The van der Waals surface area contributed by atoms with E-state index in [2.05, 4.69) is 37.2 Å². The zero-order valence-electron chi connectivity index (χ0n) is 9.58. The lowest BCUT2D eigenvalue weighted by Gasteiger charge is -2.08. The molecule has 0 radical (unpaired) electrons. The number of amides is 1. The fourth-order valence-corrected chi connectivity index (χ4v) is 2.50. The zero-order valence-corrected chi connectivity index (χ0v) is 13.5. The Bertz CT molecular complexity index is 647. The van der Waals surface area contributed by atoms with Crippen molar-refractivity contribution in [3.05, 3.63) is 55.9 Å². The molecule has 3 N–H and O–H groups in total. The number of halogens is 3. The summed E-state index contributed by atoms with van der Waals surface area (Å²) in [5, 5.41) is 3.38. The molecule has 2 aromatic carbocycles. The Labute approximate surface area is 132 Å². The monoisotopic (exact) mass is 402 g/mol. The smallest absolute Gasteiger partial charge is 0.255 e. The number of nitrogens with one attached hydrogen (secondary N) is 1. The highest BCUT2D eigenvalue weighted by molar-refractivity contribution is 9.11. The summed E-state index contributed by atoms with van der Waals surface area (Å²) in [6, 6.07) is 10.2. The Balaban J connectivity index is 2.23. The van der Waals surface area contributed by atoms with Crippen LogP contribution in [0.4, 0.5) is 11.4 Å². The molecule has 0 aromatic heterocycles. The molecule has 19 heavy (non-hydrogen) atoms. The molecule has 98 valence electrons. The third kappa shape index (κ3) is 3.49. The highest BCUT2D eigenvalue weighted by Gasteiger charge is 2.09. The second-order valence-electron chi connectivity index (χ2n) is 3.81. The summed E-state index contributed by atoms with van der Waals surface area (Å²) in [6.07, 6.45) is 0. The molecule has 0 aliphatic carbocycles. The van der Waals surface area contributed by atoms with Crippen molar-refractivity contribution in [2.75, 3.05) is 11.1 Å². The summed E-state index contributed by atoms with van der Waals surface area (Å²) < 4.78 is 1.48. The van der Waals surface area contributed by atoms with E-state index in [0.717, 1.165) is 8.95 Å². The number of carbonyl (C=O) groups is 1. The van der Waals surface area contributed by atoms with Gasteiger partial charge in [-0.1, -0.05) is 11.6 Å². The van der Waals surface area contributed by atoms with Crippen molar-refractivity contribution in [2.24, 2.45) is 0 Å². The molecule has 2 rings (SSSR count). The van der Waals surface area contributed by atoms with Crippen LogP contribution in [-0.4, -0.2) is 5.91 Å². The van der Waals surface area contributed by atoms with Gasteiger partial charge in [0.05, 0.1) is 5.69 Å². The fourth-order valence-electron chi connectivity index (χ4n) is 1.47.